The van der Waals surface area contributed by atoms with Crippen molar-refractivity contribution in [2.75, 3.05) is 46.0 Å². The Morgan fingerprint density at radius 1 is 1.06 bits per heavy atom. The summed E-state index contributed by atoms with van der Waals surface area (Å²) in [6.07, 6.45) is 0. The van der Waals surface area contributed by atoms with E-state index >= 15 is 0 Å². The molecule has 0 saturated heterocycles. The number of anilines is 2. The zero-order valence-electron chi connectivity index (χ0n) is 18.3. The van der Waals surface area contributed by atoms with E-state index in [9.17, 15) is 13.2 Å². The highest BCUT2D eigenvalue weighted by molar-refractivity contribution is 7.89. The lowest BCUT2D eigenvalue weighted by atomic mass is 10.1. The molecule has 0 fully saturated rings. The molecule has 2 aromatic carbocycles. The van der Waals surface area contributed by atoms with Crippen molar-refractivity contribution < 1.29 is 22.7 Å². The van der Waals surface area contributed by atoms with E-state index in [1.165, 1.54) is 57.9 Å². The molecule has 0 aliphatic rings. The van der Waals surface area contributed by atoms with Crippen LogP contribution in [0.4, 0.5) is 10.8 Å². The maximum Gasteiger partial charge on any atom is 0.255 e. The van der Waals surface area contributed by atoms with Crippen molar-refractivity contribution in [3.8, 4) is 22.8 Å². The molecule has 3 aromatic rings. The molecule has 170 valence electrons. The molecule has 0 atom stereocenters. The topological polar surface area (TPSA) is 110 Å². The molecule has 0 aliphatic carbocycles. The van der Waals surface area contributed by atoms with E-state index < -0.39 is 15.9 Å². The average Bonchev–Trinajstić information content (AvgIpc) is 3.27. The summed E-state index contributed by atoms with van der Waals surface area (Å²) in [5.74, 6) is 0.118. The van der Waals surface area contributed by atoms with Gasteiger partial charge in [-0.05, 0) is 36.4 Å². The van der Waals surface area contributed by atoms with E-state index in [0.29, 0.717) is 11.4 Å². The Labute approximate surface area is 191 Å². The third-order valence-corrected chi connectivity index (χ3v) is 7.34. The van der Waals surface area contributed by atoms with Crippen LogP contribution in [-0.4, -0.2) is 59.0 Å². The number of amides is 1. The number of thiazole rings is 1. The van der Waals surface area contributed by atoms with Crippen molar-refractivity contribution in [2.45, 2.75) is 4.90 Å². The molecule has 9 nitrogen and oxygen atoms in total. The number of carbonyl (C=O) groups is 1. The maximum atomic E-state index is 13.0. The number of nitrogens with one attached hydrogen (secondary N) is 2. The van der Waals surface area contributed by atoms with Crippen molar-refractivity contribution in [3.05, 3.63) is 47.3 Å². The van der Waals surface area contributed by atoms with Gasteiger partial charge in [0.2, 0.25) is 10.0 Å². The summed E-state index contributed by atoms with van der Waals surface area (Å²) in [6.45, 7) is 0. The zero-order chi connectivity index (χ0) is 23.5. The number of sulfonamides is 1. The summed E-state index contributed by atoms with van der Waals surface area (Å²) in [6, 6.07) is 9.58. The second-order valence-electron chi connectivity index (χ2n) is 6.81. The van der Waals surface area contributed by atoms with Crippen LogP contribution in [0.25, 0.3) is 11.3 Å². The molecule has 0 saturated carbocycles. The third kappa shape index (κ3) is 4.69. The fourth-order valence-electron chi connectivity index (χ4n) is 2.90. The predicted octanol–water partition coefficient (Wildman–Crippen LogP) is 3.37. The van der Waals surface area contributed by atoms with Crippen molar-refractivity contribution in [2.24, 2.45) is 0 Å². The third-order valence-electron chi connectivity index (χ3n) is 4.65. The number of hydrogen-bond acceptors (Lipinski definition) is 8. The van der Waals surface area contributed by atoms with Gasteiger partial charge in [-0.1, -0.05) is 0 Å². The van der Waals surface area contributed by atoms with Gasteiger partial charge in [-0.15, -0.1) is 11.3 Å². The number of ether oxygens (including phenoxy) is 2. The van der Waals surface area contributed by atoms with Crippen LogP contribution in [0, 0.1) is 0 Å². The summed E-state index contributed by atoms with van der Waals surface area (Å²) >= 11 is 1.47. The Morgan fingerprint density at radius 3 is 2.34 bits per heavy atom. The maximum absolute atomic E-state index is 13.0. The molecule has 2 N–H and O–H groups in total. The van der Waals surface area contributed by atoms with E-state index in [-0.39, 0.29) is 16.2 Å². The van der Waals surface area contributed by atoms with Crippen LogP contribution in [0.3, 0.4) is 0 Å². The first-order valence-electron chi connectivity index (χ1n) is 9.45. The minimum atomic E-state index is -3.81. The highest BCUT2D eigenvalue weighted by Gasteiger charge is 2.24. The van der Waals surface area contributed by atoms with Crippen molar-refractivity contribution in [3.63, 3.8) is 0 Å². The van der Waals surface area contributed by atoms with Gasteiger partial charge in [-0.25, -0.2) is 17.7 Å². The Morgan fingerprint density at radius 2 is 1.75 bits per heavy atom. The summed E-state index contributed by atoms with van der Waals surface area (Å²) in [7, 11) is 3.68. The normalized spacial score (nSPS) is 11.3. The average molecular weight is 477 g/mol. The van der Waals surface area contributed by atoms with Crippen LogP contribution in [0.1, 0.15) is 10.4 Å². The van der Waals surface area contributed by atoms with Gasteiger partial charge in [0.1, 0.15) is 16.4 Å². The minimum absolute atomic E-state index is 0.0968. The fraction of sp³-hybridized carbons (Fsp3) is 0.238. The van der Waals surface area contributed by atoms with Crippen molar-refractivity contribution in [1.82, 2.24) is 9.29 Å². The van der Waals surface area contributed by atoms with Gasteiger partial charge in [0.05, 0.1) is 25.6 Å². The first kappa shape index (κ1) is 23.5. The molecule has 0 bridgehead atoms. The van der Waals surface area contributed by atoms with Crippen LogP contribution in [-0.2, 0) is 10.0 Å². The van der Waals surface area contributed by atoms with E-state index in [1.54, 1.807) is 19.2 Å². The lowest BCUT2D eigenvalue weighted by molar-refractivity contribution is 0.102. The van der Waals surface area contributed by atoms with Crippen LogP contribution in [0.15, 0.2) is 46.7 Å². The first-order chi connectivity index (χ1) is 15.2. The van der Waals surface area contributed by atoms with Crippen LogP contribution in [0.5, 0.6) is 11.5 Å². The SMILES string of the molecule is CNc1nc(-c2ccc(OC)c(NC(=O)c3ccc(OC)c(S(=O)(=O)N(C)C)c3)c2)cs1. The summed E-state index contributed by atoms with van der Waals surface area (Å²) in [5.41, 5.74) is 2.14. The molecule has 1 aromatic heterocycles. The molecular formula is C21H24N4O5S2. The number of hydrogen-bond donors (Lipinski definition) is 2. The van der Waals surface area contributed by atoms with Gasteiger partial charge in [0.15, 0.2) is 5.13 Å². The van der Waals surface area contributed by atoms with Crippen molar-refractivity contribution >= 4 is 38.1 Å². The monoisotopic (exact) mass is 476 g/mol. The second-order valence-corrected chi connectivity index (χ2v) is 9.79. The summed E-state index contributed by atoms with van der Waals surface area (Å²) < 4.78 is 36.9. The quantitative estimate of drug-likeness (QED) is 0.513. The summed E-state index contributed by atoms with van der Waals surface area (Å²) in [4.78, 5) is 17.4. The van der Waals surface area contributed by atoms with Crippen LogP contribution >= 0.6 is 11.3 Å². The van der Waals surface area contributed by atoms with E-state index in [1.807, 2.05) is 11.4 Å². The van der Waals surface area contributed by atoms with Gasteiger partial charge < -0.3 is 20.1 Å². The molecular weight excluding hydrogens is 452 g/mol. The predicted molar refractivity (Wildman–Crippen MR) is 125 cm³/mol. The Bertz CT molecular complexity index is 1240. The number of rotatable bonds is 8. The lowest BCUT2D eigenvalue weighted by Crippen LogP contribution is -2.23. The molecule has 0 radical (unpaired) electrons. The minimum Gasteiger partial charge on any atom is -0.495 e. The smallest absolute Gasteiger partial charge is 0.255 e. The highest BCUT2D eigenvalue weighted by atomic mass is 32.2. The number of aromatic nitrogens is 1. The van der Waals surface area contributed by atoms with Crippen molar-refractivity contribution in [1.29, 1.82) is 0 Å². The largest absolute Gasteiger partial charge is 0.495 e. The van der Waals surface area contributed by atoms with E-state index in [4.69, 9.17) is 9.47 Å². The standard InChI is InChI=1S/C21H24N4O5S2/c1-22-21-24-16(12-31-21)13-6-8-17(29-4)15(10-13)23-20(26)14-7-9-18(30-5)19(11-14)32(27,28)25(2)3/h6-12H,1-5H3,(H,22,24)(H,23,26). The molecule has 3 rings (SSSR count). The highest BCUT2D eigenvalue weighted by Crippen LogP contribution is 2.33. The van der Waals surface area contributed by atoms with Gasteiger partial charge in [0.25, 0.3) is 5.91 Å². The molecule has 1 heterocycles. The zero-order valence-corrected chi connectivity index (χ0v) is 19.9. The fourth-order valence-corrected chi connectivity index (χ4v) is 4.65. The Kier molecular flexibility index (Phi) is 7.02. The first-order valence-corrected chi connectivity index (χ1v) is 11.8. The van der Waals surface area contributed by atoms with Crippen LogP contribution in [0.2, 0.25) is 0 Å². The summed E-state index contributed by atoms with van der Waals surface area (Å²) in [5, 5.41) is 8.47. The van der Waals surface area contributed by atoms with Crippen LogP contribution < -0.4 is 20.1 Å². The Hall–Kier alpha value is -3.15. The molecule has 0 unspecified atom stereocenters. The molecule has 1 amide bonds. The molecule has 11 heteroatoms. The number of carbonyl (C=O) groups excluding carboxylic acids is 1. The molecule has 0 aliphatic heterocycles. The molecule has 32 heavy (non-hydrogen) atoms. The van der Waals surface area contributed by atoms with Gasteiger partial charge in [0, 0.05) is 37.6 Å². The van der Waals surface area contributed by atoms with Gasteiger partial charge in [-0.2, -0.15) is 0 Å². The number of methoxy groups -OCH3 is 2. The number of benzene rings is 2. The molecule has 0 spiro atoms. The number of nitrogens with zero attached hydrogens (tertiary/aromatic N) is 2. The van der Waals surface area contributed by atoms with Gasteiger partial charge in [-0.3, -0.25) is 4.79 Å². The van der Waals surface area contributed by atoms with E-state index in [0.717, 1.165) is 20.7 Å². The second kappa shape index (κ2) is 9.55. The lowest BCUT2D eigenvalue weighted by Gasteiger charge is -2.16. The Balaban J connectivity index is 1.97. The van der Waals surface area contributed by atoms with Gasteiger partial charge >= 0.3 is 0 Å². The van der Waals surface area contributed by atoms with E-state index in [2.05, 4.69) is 15.6 Å².